The molecule has 0 fully saturated rings. The van der Waals surface area contributed by atoms with Crippen molar-refractivity contribution in [1.82, 2.24) is 0 Å². The first-order valence-corrected chi connectivity index (χ1v) is 8.49. The van der Waals surface area contributed by atoms with Crippen LogP contribution in [0.15, 0.2) is 36.4 Å². The minimum Gasteiger partial charge on any atom is -0.175 e. The molecule has 0 aromatic heterocycles. The minimum absolute atomic E-state index is 0.834. The van der Waals surface area contributed by atoms with Gasteiger partial charge in [-0.25, -0.2) is 0 Å². The van der Waals surface area contributed by atoms with Crippen molar-refractivity contribution in [3.05, 3.63) is 69.8 Å². The van der Waals surface area contributed by atoms with Crippen molar-refractivity contribution in [1.29, 1.82) is 0 Å². The van der Waals surface area contributed by atoms with Crippen LogP contribution < -0.4 is 0 Å². The van der Waals surface area contributed by atoms with Crippen LogP contribution in [0.4, 0.5) is 0 Å². The summed E-state index contributed by atoms with van der Waals surface area (Å²) in [5.74, 6) is 1.67. The molecule has 20 heavy (non-hydrogen) atoms. The molecule has 0 N–H and O–H groups in total. The molecule has 6 rings (SSSR count). The zero-order chi connectivity index (χ0) is 13.9. The van der Waals surface area contributed by atoms with Crippen molar-refractivity contribution in [3.63, 3.8) is 0 Å². The number of aryl methyl sites for hydroxylation is 4. The number of benzene rings is 2. The predicted octanol–water partition coefficient (Wildman–Crippen LogP) is 4.43. The van der Waals surface area contributed by atoms with Crippen LogP contribution in [0, 0.1) is 0 Å². The van der Waals surface area contributed by atoms with Crippen LogP contribution in [0.5, 0.6) is 0 Å². The summed E-state index contributed by atoms with van der Waals surface area (Å²) in [4.78, 5) is 0. The van der Waals surface area contributed by atoms with Gasteiger partial charge in [0.2, 0.25) is 0 Å². The fraction of sp³-hybridized carbons (Fsp3) is 0.333. The summed E-state index contributed by atoms with van der Waals surface area (Å²) < 4.78 is 0. The third-order valence-electron chi connectivity index (χ3n) is 4.25. The molecule has 0 saturated carbocycles. The molecule has 4 aliphatic carbocycles. The van der Waals surface area contributed by atoms with Gasteiger partial charge >= 0.3 is 0 Å². The molecule has 2 aromatic rings. The Morgan fingerprint density at radius 2 is 1.10 bits per heavy atom. The van der Waals surface area contributed by atoms with Gasteiger partial charge in [0.15, 0.2) is 0 Å². The van der Waals surface area contributed by atoms with Gasteiger partial charge in [-0.2, -0.15) is 25.3 Å². The highest BCUT2D eigenvalue weighted by Crippen LogP contribution is 2.23. The van der Waals surface area contributed by atoms with Crippen LogP contribution in [0.3, 0.4) is 0 Å². The Morgan fingerprint density at radius 1 is 0.650 bits per heavy atom. The van der Waals surface area contributed by atoms with Crippen LogP contribution in [-0.4, -0.2) is 0 Å². The lowest BCUT2D eigenvalue weighted by atomic mass is 9.92. The van der Waals surface area contributed by atoms with Gasteiger partial charge in [0, 0.05) is 11.5 Å². The summed E-state index contributed by atoms with van der Waals surface area (Å²) in [6.45, 7) is 0. The van der Waals surface area contributed by atoms with E-state index in [4.69, 9.17) is 0 Å². The van der Waals surface area contributed by atoms with Gasteiger partial charge in [0.1, 0.15) is 0 Å². The lowest BCUT2D eigenvalue weighted by Gasteiger charge is -2.15. The van der Waals surface area contributed by atoms with Gasteiger partial charge in [-0.15, -0.1) is 0 Å². The zero-order valence-electron chi connectivity index (χ0n) is 11.6. The SMILES string of the molecule is SCc1cc2ccc1CCc1ccc(cc1CS)CC2. The van der Waals surface area contributed by atoms with Crippen molar-refractivity contribution in [2.75, 3.05) is 0 Å². The van der Waals surface area contributed by atoms with Gasteiger partial charge in [0.25, 0.3) is 0 Å². The molecular formula is C18H20S2. The average Bonchev–Trinajstić information content (AvgIpc) is 2.49. The molecule has 4 aliphatic rings. The topological polar surface area (TPSA) is 0 Å². The Kier molecular flexibility index (Phi) is 4.42. The molecule has 0 saturated heterocycles. The van der Waals surface area contributed by atoms with Gasteiger partial charge in [-0.1, -0.05) is 36.4 Å². The predicted molar refractivity (Wildman–Crippen MR) is 93.1 cm³/mol. The third-order valence-corrected chi connectivity index (χ3v) is 4.93. The summed E-state index contributed by atoms with van der Waals surface area (Å²) in [6, 6.07) is 13.9. The standard InChI is InChI=1S/C18H20S2/c19-11-17-9-13-1-2-14-4-6-16(18(10-14)12-20)8-7-15(17)5-3-13/h3-6,9-10,19-20H,1-2,7-8,11-12H2. The normalized spacial score (nSPS) is 14.1. The Labute approximate surface area is 132 Å². The molecule has 0 heterocycles. The second-order valence-electron chi connectivity index (χ2n) is 5.52. The third kappa shape index (κ3) is 2.91. The van der Waals surface area contributed by atoms with E-state index in [2.05, 4.69) is 61.7 Å². The smallest absolute Gasteiger partial charge is 0.0157 e. The van der Waals surface area contributed by atoms with E-state index >= 15 is 0 Å². The maximum atomic E-state index is 4.49. The molecule has 0 unspecified atom stereocenters. The second-order valence-corrected chi connectivity index (χ2v) is 6.15. The molecule has 0 spiro atoms. The van der Waals surface area contributed by atoms with Gasteiger partial charge in [-0.05, 0) is 59.1 Å². The number of rotatable bonds is 2. The maximum absolute atomic E-state index is 4.49. The first kappa shape index (κ1) is 14.1. The van der Waals surface area contributed by atoms with Crippen molar-refractivity contribution in [3.8, 4) is 0 Å². The van der Waals surface area contributed by atoms with Crippen LogP contribution >= 0.6 is 25.3 Å². The molecule has 0 atom stereocenters. The van der Waals surface area contributed by atoms with Gasteiger partial charge < -0.3 is 0 Å². The highest BCUT2D eigenvalue weighted by atomic mass is 32.1. The second kappa shape index (κ2) is 6.28. The fourth-order valence-electron chi connectivity index (χ4n) is 3.01. The molecule has 0 radical (unpaired) electrons. The summed E-state index contributed by atoms with van der Waals surface area (Å²) in [6.07, 6.45) is 4.39. The van der Waals surface area contributed by atoms with Crippen molar-refractivity contribution < 1.29 is 0 Å². The Morgan fingerprint density at radius 3 is 1.50 bits per heavy atom. The van der Waals surface area contributed by atoms with Crippen LogP contribution in [-0.2, 0) is 37.2 Å². The van der Waals surface area contributed by atoms with Crippen LogP contribution in [0.1, 0.15) is 33.4 Å². The van der Waals surface area contributed by atoms with Gasteiger partial charge in [-0.3, -0.25) is 0 Å². The van der Waals surface area contributed by atoms with Crippen LogP contribution in [0.2, 0.25) is 0 Å². The molecule has 0 amide bonds. The van der Waals surface area contributed by atoms with E-state index in [9.17, 15) is 0 Å². The molecular weight excluding hydrogens is 280 g/mol. The van der Waals surface area contributed by atoms with E-state index in [0.29, 0.717) is 0 Å². The monoisotopic (exact) mass is 300 g/mol. The van der Waals surface area contributed by atoms with E-state index in [-0.39, 0.29) is 0 Å². The Bertz CT molecular complexity index is 561. The largest absolute Gasteiger partial charge is 0.175 e. The van der Waals surface area contributed by atoms with Gasteiger partial charge in [0.05, 0.1) is 0 Å². The summed E-state index contributed by atoms with van der Waals surface area (Å²) in [7, 11) is 0. The maximum Gasteiger partial charge on any atom is 0.0157 e. The van der Waals surface area contributed by atoms with Crippen LogP contribution in [0.25, 0.3) is 0 Å². The lowest BCUT2D eigenvalue weighted by molar-refractivity contribution is 0.901. The highest BCUT2D eigenvalue weighted by molar-refractivity contribution is 7.79. The number of hydrogen-bond acceptors (Lipinski definition) is 2. The summed E-state index contributed by atoms with van der Waals surface area (Å²) in [5, 5.41) is 0. The quantitative estimate of drug-likeness (QED) is 0.753. The first-order chi connectivity index (χ1) is 9.80. The molecule has 104 valence electrons. The zero-order valence-corrected chi connectivity index (χ0v) is 13.4. The van der Waals surface area contributed by atoms with E-state index in [1.807, 2.05) is 0 Å². The molecule has 0 aliphatic heterocycles. The number of thiol groups is 2. The average molecular weight is 300 g/mol. The van der Waals surface area contributed by atoms with E-state index in [1.54, 1.807) is 0 Å². The van der Waals surface area contributed by atoms with E-state index < -0.39 is 0 Å². The fourth-order valence-corrected chi connectivity index (χ4v) is 3.60. The Balaban J connectivity index is 2.02. The first-order valence-electron chi connectivity index (χ1n) is 7.23. The molecule has 0 nitrogen and oxygen atoms in total. The van der Waals surface area contributed by atoms with Crippen molar-refractivity contribution in [2.45, 2.75) is 37.2 Å². The number of hydrogen-bond donors (Lipinski definition) is 2. The van der Waals surface area contributed by atoms with E-state index in [0.717, 1.165) is 37.2 Å². The summed E-state index contributed by atoms with van der Waals surface area (Å²) >= 11 is 8.99. The summed E-state index contributed by atoms with van der Waals surface area (Å²) in [5.41, 5.74) is 8.53. The minimum atomic E-state index is 0.834. The van der Waals surface area contributed by atoms with Crippen molar-refractivity contribution in [2.24, 2.45) is 0 Å². The Hall–Kier alpha value is -0.860. The molecule has 2 heteroatoms. The molecule has 2 aromatic carbocycles. The lowest BCUT2D eigenvalue weighted by Crippen LogP contribution is -2.03. The highest BCUT2D eigenvalue weighted by Gasteiger charge is 2.09. The van der Waals surface area contributed by atoms with E-state index in [1.165, 1.54) is 33.4 Å². The molecule has 4 bridgehead atoms. The van der Waals surface area contributed by atoms with Crippen molar-refractivity contribution >= 4 is 25.3 Å².